The van der Waals surface area contributed by atoms with E-state index in [4.69, 9.17) is 13.9 Å². The average molecular weight is 415 g/mol. The maximum atomic E-state index is 12.7. The number of ether oxygens (including phenoxy) is 2. The number of methoxy groups -OCH3 is 2. The number of nitrogens with one attached hydrogen (secondary N) is 1. The molecule has 0 aliphatic rings. The quantitative estimate of drug-likeness (QED) is 0.399. The van der Waals surface area contributed by atoms with Gasteiger partial charge in [0.2, 0.25) is 11.8 Å². The lowest BCUT2D eigenvalue weighted by molar-refractivity contribution is -0.127. The molecule has 2 rings (SSSR count). The summed E-state index contributed by atoms with van der Waals surface area (Å²) in [5, 5.41) is 2.75. The molecule has 0 bridgehead atoms. The van der Waals surface area contributed by atoms with Crippen LogP contribution in [0.3, 0.4) is 0 Å². The number of carbonyl (C=O) groups is 2. The summed E-state index contributed by atoms with van der Waals surface area (Å²) in [4.78, 5) is 30.7. The molecule has 1 aromatic heterocycles. The van der Waals surface area contributed by atoms with Gasteiger partial charge in [0, 0.05) is 46.6 Å². The van der Waals surface area contributed by atoms with E-state index in [9.17, 15) is 9.59 Å². The second-order valence-corrected chi connectivity index (χ2v) is 6.58. The molecule has 1 aromatic carbocycles. The zero-order chi connectivity index (χ0) is 21.6. The van der Waals surface area contributed by atoms with Crippen LogP contribution in [-0.2, 0) is 20.8 Å². The van der Waals surface area contributed by atoms with Gasteiger partial charge in [-0.05, 0) is 24.5 Å². The Morgan fingerprint density at radius 2 is 1.87 bits per heavy atom. The summed E-state index contributed by atoms with van der Waals surface area (Å²) in [5.41, 5.74) is 1.12. The molecule has 0 saturated heterocycles. The molecule has 30 heavy (non-hydrogen) atoms. The fourth-order valence-electron chi connectivity index (χ4n) is 2.66. The third-order valence-electron chi connectivity index (χ3n) is 4.23. The number of rotatable bonds is 13. The second-order valence-electron chi connectivity index (χ2n) is 6.58. The van der Waals surface area contributed by atoms with Crippen molar-refractivity contribution in [2.24, 2.45) is 0 Å². The Bertz CT molecular complexity index is 804. The van der Waals surface area contributed by atoms with E-state index in [1.165, 1.54) is 12.3 Å². The van der Waals surface area contributed by atoms with Crippen molar-refractivity contribution in [1.29, 1.82) is 0 Å². The van der Waals surface area contributed by atoms with Crippen LogP contribution in [0.5, 0.6) is 0 Å². The van der Waals surface area contributed by atoms with E-state index < -0.39 is 0 Å². The SMILES string of the molecule is COCCCNC(=O)c1coc(CN(CCCOC)C(=O)C=Cc2ccccc2)n1. The van der Waals surface area contributed by atoms with Crippen molar-refractivity contribution in [3.63, 3.8) is 0 Å². The molecule has 8 heteroatoms. The van der Waals surface area contributed by atoms with Gasteiger partial charge in [0.1, 0.15) is 6.26 Å². The van der Waals surface area contributed by atoms with Gasteiger partial charge >= 0.3 is 0 Å². The van der Waals surface area contributed by atoms with Crippen LogP contribution in [0, 0.1) is 0 Å². The largest absolute Gasteiger partial charge is 0.446 e. The van der Waals surface area contributed by atoms with Crippen molar-refractivity contribution < 1.29 is 23.5 Å². The van der Waals surface area contributed by atoms with E-state index in [2.05, 4.69) is 10.3 Å². The van der Waals surface area contributed by atoms with Crippen molar-refractivity contribution in [2.75, 3.05) is 40.5 Å². The molecule has 0 radical (unpaired) electrons. The molecule has 0 atom stereocenters. The fraction of sp³-hybridized carbons (Fsp3) is 0.409. The van der Waals surface area contributed by atoms with Crippen LogP contribution in [0.2, 0.25) is 0 Å². The third kappa shape index (κ3) is 8.18. The van der Waals surface area contributed by atoms with E-state index >= 15 is 0 Å². The maximum Gasteiger partial charge on any atom is 0.273 e. The lowest BCUT2D eigenvalue weighted by Gasteiger charge is -2.19. The Morgan fingerprint density at radius 3 is 2.60 bits per heavy atom. The number of amides is 2. The number of hydrogen-bond donors (Lipinski definition) is 1. The van der Waals surface area contributed by atoms with Crippen molar-refractivity contribution in [2.45, 2.75) is 19.4 Å². The predicted molar refractivity (Wildman–Crippen MR) is 113 cm³/mol. The summed E-state index contributed by atoms with van der Waals surface area (Å²) < 4.78 is 15.5. The van der Waals surface area contributed by atoms with Crippen LogP contribution in [0.15, 0.2) is 47.1 Å². The number of hydrogen-bond acceptors (Lipinski definition) is 6. The number of oxazole rings is 1. The Labute approximate surface area is 176 Å². The molecule has 8 nitrogen and oxygen atoms in total. The predicted octanol–water partition coefficient (Wildman–Crippen LogP) is 2.52. The molecule has 0 aliphatic carbocycles. The highest BCUT2D eigenvalue weighted by molar-refractivity contribution is 5.92. The van der Waals surface area contributed by atoms with Gasteiger partial charge in [0.05, 0.1) is 6.54 Å². The Balaban J connectivity index is 1.98. The third-order valence-corrected chi connectivity index (χ3v) is 4.23. The van der Waals surface area contributed by atoms with Crippen molar-refractivity contribution in [3.8, 4) is 0 Å². The lowest BCUT2D eigenvalue weighted by Crippen LogP contribution is -2.31. The number of carbonyl (C=O) groups excluding carboxylic acids is 2. The number of benzene rings is 1. The highest BCUT2D eigenvalue weighted by atomic mass is 16.5. The highest BCUT2D eigenvalue weighted by Crippen LogP contribution is 2.09. The zero-order valence-electron chi connectivity index (χ0n) is 17.5. The van der Waals surface area contributed by atoms with E-state index in [0.717, 1.165) is 5.56 Å². The summed E-state index contributed by atoms with van der Waals surface area (Å²) in [6, 6.07) is 9.59. The van der Waals surface area contributed by atoms with Gasteiger partial charge in [0.15, 0.2) is 5.69 Å². The molecule has 0 spiro atoms. The van der Waals surface area contributed by atoms with Crippen LogP contribution in [0.1, 0.15) is 34.8 Å². The molecule has 0 fully saturated rings. The molecular formula is C22H29N3O5. The first-order valence-electron chi connectivity index (χ1n) is 9.86. The van der Waals surface area contributed by atoms with E-state index in [0.29, 0.717) is 45.0 Å². The number of aromatic nitrogens is 1. The summed E-state index contributed by atoms with van der Waals surface area (Å²) in [5.74, 6) is -0.183. The van der Waals surface area contributed by atoms with Crippen molar-refractivity contribution in [1.82, 2.24) is 15.2 Å². The van der Waals surface area contributed by atoms with Crippen LogP contribution < -0.4 is 5.32 Å². The summed E-state index contributed by atoms with van der Waals surface area (Å²) in [7, 11) is 3.23. The first-order valence-corrected chi connectivity index (χ1v) is 9.86. The number of nitrogens with zero attached hydrogens (tertiary/aromatic N) is 2. The van der Waals surface area contributed by atoms with Gasteiger partial charge < -0.3 is 24.1 Å². The molecule has 2 amide bonds. The molecule has 0 aliphatic heterocycles. The van der Waals surface area contributed by atoms with E-state index in [1.807, 2.05) is 30.3 Å². The van der Waals surface area contributed by atoms with Gasteiger partial charge in [-0.3, -0.25) is 9.59 Å². The van der Waals surface area contributed by atoms with Crippen LogP contribution in [0.25, 0.3) is 6.08 Å². The van der Waals surface area contributed by atoms with Gasteiger partial charge in [0.25, 0.3) is 5.91 Å². The molecule has 1 heterocycles. The smallest absolute Gasteiger partial charge is 0.273 e. The molecule has 2 aromatic rings. The van der Waals surface area contributed by atoms with E-state index in [1.54, 1.807) is 25.2 Å². The van der Waals surface area contributed by atoms with Gasteiger partial charge in [-0.25, -0.2) is 4.98 Å². The van der Waals surface area contributed by atoms with E-state index in [-0.39, 0.29) is 24.1 Å². The second kappa shape index (κ2) is 13.3. The minimum Gasteiger partial charge on any atom is -0.446 e. The lowest BCUT2D eigenvalue weighted by atomic mass is 10.2. The summed E-state index contributed by atoms with van der Waals surface area (Å²) in [6.07, 6.45) is 5.98. The minimum atomic E-state index is -0.317. The maximum absolute atomic E-state index is 12.7. The minimum absolute atomic E-state index is 0.165. The Hall–Kier alpha value is -2.97. The van der Waals surface area contributed by atoms with Crippen molar-refractivity contribution >= 4 is 17.9 Å². The van der Waals surface area contributed by atoms with Gasteiger partial charge in [-0.1, -0.05) is 30.3 Å². The summed E-state index contributed by atoms with van der Waals surface area (Å²) >= 11 is 0. The Kier molecular flexibility index (Phi) is 10.3. The summed E-state index contributed by atoms with van der Waals surface area (Å²) in [6.45, 7) is 2.23. The Morgan fingerprint density at radius 1 is 1.13 bits per heavy atom. The van der Waals surface area contributed by atoms with Crippen LogP contribution in [0.4, 0.5) is 0 Å². The first kappa shape index (κ1) is 23.3. The fourth-order valence-corrected chi connectivity index (χ4v) is 2.66. The highest BCUT2D eigenvalue weighted by Gasteiger charge is 2.17. The molecule has 162 valence electrons. The normalized spacial score (nSPS) is 11.0. The van der Waals surface area contributed by atoms with Gasteiger partial charge in [-0.2, -0.15) is 0 Å². The van der Waals surface area contributed by atoms with Gasteiger partial charge in [-0.15, -0.1) is 0 Å². The van der Waals surface area contributed by atoms with Crippen molar-refractivity contribution in [3.05, 3.63) is 59.8 Å². The van der Waals surface area contributed by atoms with Crippen LogP contribution in [-0.4, -0.2) is 62.2 Å². The first-order chi connectivity index (χ1) is 14.6. The molecular weight excluding hydrogens is 386 g/mol. The topological polar surface area (TPSA) is 93.9 Å². The molecule has 0 unspecified atom stereocenters. The van der Waals surface area contributed by atoms with Crippen LogP contribution >= 0.6 is 0 Å². The zero-order valence-corrected chi connectivity index (χ0v) is 17.5. The standard InChI is InChI=1S/C22H29N3O5/c1-28-14-6-12-23-22(27)19-17-30-20(24-19)16-25(13-7-15-29-2)21(26)11-10-18-8-4-3-5-9-18/h3-5,8-11,17H,6-7,12-16H2,1-2H3,(H,23,27). The molecule has 1 N–H and O–H groups in total. The average Bonchev–Trinajstić information content (AvgIpc) is 3.24. The monoisotopic (exact) mass is 415 g/mol. The molecule has 0 saturated carbocycles.